The minimum Gasteiger partial charge on any atom is -0.461 e. The van der Waals surface area contributed by atoms with Crippen molar-refractivity contribution in [2.75, 3.05) is 6.61 Å². The number of carbonyl (C=O) groups is 1. The predicted molar refractivity (Wildman–Crippen MR) is 63.9 cm³/mol. The normalized spacial score (nSPS) is 10.3. The van der Waals surface area contributed by atoms with Crippen LogP contribution in [0.5, 0.6) is 0 Å². The predicted octanol–water partition coefficient (Wildman–Crippen LogP) is 2.68. The van der Waals surface area contributed by atoms with Gasteiger partial charge in [0.2, 0.25) is 0 Å². The Morgan fingerprint density at radius 1 is 1.38 bits per heavy atom. The van der Waals surface area contributed by atoms with Gasteiger partial charge in [-0.05, 0) is 24.4 Å². The Kier molecular flexibility index (Phi) is 2.77. The number of fused-ring (bicyclic) bond motifs is 1. The van der Waals surface area contributed by atoms with Crippen LogP contribution in [0, 0.1) is 0 Å². The molecule has 3 heteroatoms. The third-order valence-corrected chi connectivity index (χ3v) is 2.40. The molecule has 16 heavy (non-hydrogen) atoms. The van der Waals surface area contributed by atoms with Crippen LogP contribution < -0.4 is 0 Å². The smallest absolute Gasteiger partial charge is 0.354 e. The molecule has 0 spiro atoms. The molecule has 0 aliphatic rings. The Morgan fingerprint density at radius 2 is 2.12 bits per heavy atom. The number of aromatic nitrogens is 1. The lowest BCUT2D eigenvalue weighted by molar-refractivity contribution is -0.136. The number of rotatable bonds is 3. The Hall–Kier alpha value is -2.03. The quantitative estimate of drug-likeness (QED) is 0.582. The SMILES string of the molecule is C=C(C(=O)OCC)n1ccc2ccccc21. The van der Waals surface area contributed by atoms with Crippen molar-refractivity contribution >= 4 is 22.6 Å². The number of esters is 1. The molecule has 82 valence electrons. The highest BCUT2D eigenvalue weighted by Crippen LogP contribution is 2.19. The van der Waals surface area contributed by atoms with E-state index in [-0.39, 0.29) is 5.97 Å². The van der Waals surface area contributed by atoms with Crippen molar-refractivity contribution in [3.8, 4) is 0 Å². The Labute approximate surface area is 93.9 Å². The summed E-state index contributed by atoms with van der Waals surface area (Å²) in [6, 6.07) is 9.76. The molecular formula is C13H13NO2. The lowest BCUT2D eigenvalue weighted by Crippen LogP contribution is -2.10. The van der Waals surface area contributed by atoms with Gasteiger partial charge in [-0.15, -0.1) is 0 Å². The number of nitrogens with zero attached hydrogens (tertiary/aromatic N) is 1. The molecule has 0 amide bonds. The van der Waals surface area contributed by atoms with E-state index in [1.807, 2.05) is 36.5 Å². The van der Waals surface area contributed by atoms with Crippen LogP contribution >= 0.6 is 0 Å². The van der Waals surface area contributed by atoms with Crippen LogP contribution in [0.3, 0.4) is 0 Å². The summed E-state index contributed by atoms with van der Waals surface area (Å²) in [4.78, 5) is 11.5. The zero-order valence-electron chi connectivity index (χ0n) is 9.14. The minimum absolute atomic E-state index is 0.336. The number of hydrogen-bond acceptors (Lipinski definition) is 2. The molecule has 0 radical (unpaired) electrons. The van der Waals surface area contributed by atoms with Gasteiger partial charge in [-0.25, -0.2) is 4.79 Å². The molecule has 0 atom stereocenters. The molecule has 0 unspecified atom stereocenters. The zero-order chi connectivity index (χ0) is 11.5. The molecule has 0 saturated carbocycles. The van der Waals surface area contributed by atoms with Crippen LogP contribution in [0.1, 0.15) is 6.92 Å². The van der Waals surface area contributed by atoms with Crippen molar-refractivity contribution < 1.29 is 9.53 Å². The van der Waals surface area contributed by atoms with Crippen molar-refractivity contribution in [1.29, 1.82) is 0 Å². The molecule has 3 nitrogen and oxygen atoms in total. The highest BCUT2D eigenvalue weighted by atomic mass is 16.5. The summed E-state index contributed by atoms with van der Waals surface area (Å²) >= 11 is 0. The van der Waals surface area contributed by atoms with Gasteiger partial charge in [-0.1, -0.05) is 24.8 Å². The summed E-state index contributed by atoms with van der Waals surface area (Å²) in [6.45, 7) is 5.89. The first kappa shape index (κ1) is 10.5. The molecule has 0 aliphatic carbocycles. The molecule has 2 aromatic rings. The fourth-order valence-corrected chi connectivity index (χ4v) is 1.63. The number of para-hydroxylation sites is 1. The van der Waals surface area contributed by atoms with Crippen LogP contribution in [0.4, 0.5) is 0 Å². The molecule has 2 rings (SSSR count). The van der Waals surface area contributed by atoms with Crippen LogP contribution in [-0.2, 0) is 9.53 Å². The van der Waals surface area contributed by atoms with Gasteiger partial charge in [0.15, 0.2) is 0 Å². The maximum absolute atomic E-state index is 11.5. The van der Waals surface area contributed by atoms with E-state index < -0.39 is 0 Å². The average molecular weight is 215 g/mol. The first-order valence-corrected chi connectivity index (χ1v) is 5.16. The summed E-state index contributed by atoms with van der Waals surface area (Å²) < 4.78 is 6.66. The number of ether oxygens (including phenoxy) is 1. The highest BCUT2D eigenvalue weighted by molar-refractivity contribution is 6.11. The summed E-state index contributed by atoms with van der Waals surface area (Å²) in [5.41, 5.74) is 1.30. The summed E-state index contributed by atoms with van der Waals surface area (Å²) in [5.74, 6) is -0.385. The van der Waals surface area contributed by atoms with Crippen molar-refractivity contribution in [3.05, 3.63) is 43.1 Å². The zero-order valence-corrected chi connectivity index (χ0v) is 9.14. The van der Waals surface area contributed by atoms with Crippen LogP contribution in [0.15, 0.2) is 43.1 Å². The molecule has 0 N–H and O–H groups in total. The second-order valence-corrected chi connectivity index (χ2v) is 3.41. The van der Waals surface area contributed by atoms with E-state index in [9.17, 15) is 4.79 Å². The summed E-state index contributed by atoms with van der Waals surface area (Å²) in [7, 11) is 0. The van der Waals surface area contributed by atoms with Gasteiger partial charge in [0.25, 0.3) is 0 Å². The van der Waals surface area contributed by atoms with Crippen molar-refractivity contribution in [3.63, 3.8) is 0 Å². The van der Waals surface area contributed by atoms with Gasteiger partial charge >= 0.3 is 5.97 Å². The van der Waals surface area contributed by atoms with E-state index in [0.717, 1.165) is 10.9 Å². The largest absolute Gasteiger partial charge is 0.461 e. The van der Waals surface area contributed by atoms with E-state index in [4.69, 9.17) is 4.74 Å². The lowest BCUT2D eigenvalue weighted by atomic mass is 10.2. The standard InChI is InChI=1S/C13H13NO2/c1-3-16-13(15)10(2)14-9-8-11-6-4-5-7-12(11)14/h4-9H,2-3H2,1H3. The van der Waals surface area contributed by atoms with Gasteiger partial charge in [-0.2, -0.15) is 0 Å². The first-order valence-electron chi connectivity index (χ1n) is 5.16. The number of hydrogen-bond donors (Lipinski definition) is 0. The van der Waals surface area contributed by atoms with Crippen molar-refractivity contribution in [1.82, 2.24) is 4.57 Å². The van der Waals surface area contributed by atoms with E-state index in [1.54, 1.807) is 11.5 Å². The van der Waals surface area contributed by atoms with Gasteiger partial charge in [-0.3, -0.25) is 0 Å². The van der Waals surface area contributed by atoms with Crippen molar-refractivity contribution in [2.45, 2.75) is 6.92 Å². The monoisotopic (exact) mass is 215 g/mol. The van der Waals surface area contributed by atoms with E-state index in [2.05, 4.69) is 6.58 Å². The van der Waals surface area contributed by atoms with E-state index in [1.165, 1.54) is 0 Å². The summed E-state index contributed by atoms with van der Waals surface area (Å²) in [6.07, 6.45) is 1.82. The average Bonchev–Trinajstić information content (AvgIpc) is 2.72. The van der Waals surface area contributed by atoms with Crippen molar-refractivity contribution in [2.24, 2.45) is 0 Å². The topological polar surface area (TPSA) is 31.2 Å². The number of carbonyl (C=O) groups excluding carboxylic acids is 1. The van der Waals surface area contributed by atoms with Gasteiger partial charge in [0, 0.05) is 6.20 Å². The Bertz CT molecular complexity index is 540. The minimum atomic E-state index is -0.385. The molecular weight excluding hydrogens is 202 g/mol. The highest BCUT2D eigenvalue weighted by Gasteiger charge is 2.11. The molecule has 0 fully saturated rings. The number of benzene rings is 1. The second-order valence-electron chi connectivity index (χ2n) is 3.41. The molecule has 0 aliphatic heterocycles. The van der Waals surface area contributed by atoms with Gasteiger partial charge < -0.3 is 9.30 Å². The summed E-state index contributed by atoms with van der Waals surface area (Å²) in [5, 5.41) is 1.08. The maximum Gasteiger partial charge on any atom is 0.354 e. The maximum atomic E-state index is 11.5. The van der Waals surface area contributed by atoms with Gasteiger partial charge in [0.1, 0.15) is 5.70 Å². The van der Waals surface area contributed by atoms with Crippen LogP contribution in [-0.4, -0.2) is 17.1 Å². The first-order chi connectivity index (χ1) is 7.74. The van der Waals surface area contributed by atoms with E-state index >= 15 is 0 Å². The lowest BCUT2D eigenvalue weighted by Gasteiger charge is -2.07. The molecule has 0 saturated heterocycles. The Balaban J connectivity index is 2.40. The molecule has 0 bridgehead atoms. The Morgan fingerprint density at radius 3 is 2.88 bits per heavy atom. The molecule has 1 heterocycles. The second kappa shape index (κ2) is 4.23. The van der Waals surface area contributed by atoms with Gasteiger partial charge in [0.05, 0.1) is 12.1 Å². The molecule has 1 aromatic carbocycles. The fraction of sp³-hybridized carbons (Fsp3) is 0.154. The fourth-order valence-electron chi connectivity index (χ4n) is 1.63. The van der Waals surface area contributed by atoms with Crippen LogP contribution in [0.2, 0.25) is 0 Å². The van der Waals surface area contributed by atoms with E-state index in [0.29, 0.717) is 12.3 Å². The third-order valence-electron chi connectivity index (χ3n) is 2.40. The molecule has 1 aromatic heterocycles. The van der Waals surface area contributed by atoms with Crippen LogP contribution in [0.25, 0.3) is 16.6 Å². The third kappa shape index (κ3) is 1.72.